The van der Waals surface area contributed by atoms with Crippen LogP contribution in [0.25, 0.3) is 11.3 Å². The minimum atomic E-state index is -0.247. The number of aromatic nitrogens is 2. The Morgan fingerprint density at radius 2 is 2.13 bits per heavy atom. The third-order valence-corrected chi connectivity index (χ3v) is 4.51. The molecule has 3 rings (SSSR count). The molecule has 0 aliphatic carbocycles. The van der Waals surface area contributed by atoms with Gasteiger partial charge in [0.05, 0.1) is 22.8 Å². The summed E-state index contributed by atoms with van der Waals surface area (Å²) in [5, 5.41) is 12.2. The van der Waals surface area contributed by atoms with Crippen LogP contribution in [0.1, 0.15) is 10.4 Å². The highest BCUT2D eigenvalue weighted by atomic mass is 35.5. The van der Waals surface area contributed by atoms with E-state index in [1.54, 1.807) is 34.2 Å². The number of halogens is 2. The molecule has 2 heterocycles. The Morgan fingerprint density at radius 1 is 1.26 bits per heavy atom. The van der Waals surface area contributed by atoms with Crippen LogP contribution in [0.5, 0.6) is 0 Å². The van der Waals surface area contributed by atoms with E-state index in [0.717, 1.165) is 11.3 Å². The molecule has 0 radical (unpaired) electrons. The molecule has 7 heteroatoms. The number of amides is 1. The summed E-state index contributed by atoms with van der Waals surface area (Å²) in [5.74, 6) is -0.247. The fourth-order valence-corrected chi connectivity index (χ4v) is 3.13. The van der Waals surface area contributed by atoms with Crippen molar-refractivity contribution >= 4 is 40.4 Å². The molecule has 2 aromatic heterocycles. The lowest BCUT2D eigenvalue weighted by atomic mass is 10.2. The molecule has 0 bridgehead atoms. The van der Waals surface area contributed by atoms with E-state index >= 15 is 0 Å². The number of benzene rings is 1. The van der Waals surface area contributed by atoms with Crippen molar-refractivity contribution in [3.05, 3.63) is 62.9 Å². The minimum Gasteiger partial charge on any atom is -0.350 e. The van der Waals surface area contributed by atoms with Gasteiger partial charge in [-0.25, -0.2) is 0 Å². The second-order valence-electron chi connectivity index (χ2n) is 4.86. The molecule has 0 aliphatic heterocycles. The van der Waals surface area contributed by atoms with Gasteiger partial charge in [-0.3, -0.25) is 9.48 Å². The zero-order valence-corrected chi connectivity index (χ0v) is 14.3. The Bertz CT molecular complexity index is 815. The van der Waals surface area contributed by atoms with Crippen LogP contribution >= 0.6 is 34.5 Å². The van der Waals surface area contributed by atoms with Crippen molar-refractivity contribution in [1.82, 2.24) is 15.1 Å². The molecule has 0 saturated carbocycles. The maximum absolute atomic E-state index is 12.1. The van der Waals surface area contributed by atoms with Crippen molar-refractivity contribution < 1.29 is 4.79 Å². The first-order valence-corrected chi connectivity index (χ1v) is 8.62. The van der Waals surface area contributed by atoms with Gasteiger partial charge in [-0.15, -0.1) is 0 Å². The second kappa shape index (κ2) is 7.17. The van der Waals surface area contributed by atoms with Crippen LogP contribution in [-0.2, 0) is 6.54 Å². The average molecular weight is 366 g/mol. The fourth-order valence-electron chi connectivity index (χ4n) is 2.10. The topological polar surface area (TPSA) is 46.9 Å². The van der Waals surface area contributed by atoms with Gasteiger partial charge in [0.2, 0.25) is 0 Å². The Hall–Kier alpha value is -1.82. The summed E-state index contributed by atoms with van der Waals surface area (Å²) in [4.78, 5) is 12.1. The van der Waals surface area contributed by atoms with Crippen LogP contribution in [0.15, 0.2) is 47.3 Å². The van der Waals surface area contributed by atoms with E-state index < -0.39 is 0 Å². The zero-order valence-electron chi connectivity index (χ0n) is 12.0. The number of carbonyl (C=O) groups is 1. The largest absolute Gasteiger partial charge is 0.350 e. The van der Waals surface area contributed by atoms with Gasteiger partial charge in [0.25, 0.3) is 5.91 Å². The second-order valence-corrected chi connectivity index (χ2v) is 6.48. The van der Waals surface area contributed by atoms with Crippen molar-refractivity contribution in [3.8, 4) is 11.3 Å². The first-order chi connectivity index (χ1) is 11.1. The number of rotatable bonds is 5. The lowest BCUT2D eigenvalue weighted by molar-refractivity contribution is 0.0952. The fraction of sp³-hybridized carbons (Fsp3) is 0.125. The van der Waals surface area contributed by atoms with Crippen molar-refractivity contribution in [2.75, 3.05) is 6.54 Å². The normalized spacial score (nSPS) is 10.7. The third kappa shape index (κ3) is 3.93. The number of hydrogen-bond acceptors (Lipinski definition) is 3. The van der Waals surface area contributed by atoms with E-state index in [0.29, 0.717) is 28.7 Å². The standard InChI is InChI=1S/C16H13Cl2N3OS/c17-12-1-2-14(18)13(9-12)16(22)19-5-7-21-6-3-15(20-21)11-4-8-23-10-11/h1-4,6,8-10H,5,7H2,(H,19,22). The van der Waals surface area contributed by atoms with Crippen molar-refractivity contribution in [2.45, 2.75) is 6.54 Å². The lowest BCUT2D eigenvalue weighted by Crippen LogP contribution is -2.27. The Kier molecular flexibility index (Phi) is 5.00. The van der Waals surface area contributed by atoms with Crippen LogP contribution in [-0.4, -0.2) is 22.2 Å². The SMILES string of the molecule is O=C(NCCn1ccc(-c2ccsc2)n1)c1cc(Cl)ccc1Cl. The summed E-state index contributed by atoms with van der Waals surface area (Å²) >= 11 is 13.5. The highest BCUT2D eigenvalue weighted by molar-refractivity contribution is 7.08. The van der Waals surface area contributed by atoms with Gasteiger partial charge >= 0.3 is 0 Å². The highest BCUT2D eigenvalue weighted by Crippen LogP contribution is 2.21. The molecule has 1 aromatic carbocycles. The first-order valence-electron chi connectivity index (χ1n) is 6.93. The number of nitrogens with one attached hydrogen (secondary N) is 1. The van der Waals surface area contributed by atoms with Crippen LogP contribution in [0.2, 0.25) is 10.0 Å². The summed E-state index contributed by atoms with van der Waals surface area (Å²) < 4.78 is 1.80. The quantitative estimate of drug-likeness (QED) is 0.730. The van der Waals surface area contributed by atoms with Crippen LogP contribution in [0.4, 0.5) is 0 Å². The summed E-state index contributed by atoms with van der Waals surface area (Å²) in [6.45, 7) is 1.03. The molecule has 0 unspecified atom stereocenters. The van der Waals surface area contributed by atoms with E-state index in [-0.39, 0.29) is 5.91 Å². The number of carbonyl (C=O) groups excluding carboxylic acids is 1. The molecule has 0 spiro atoms. The van der Waals surface area contributed by atoms with E-state index in [4.69, 9.17) is 23.2 Å². The molecular weight excluding hydrogens is 353 g/mol. The predicted molar refractivity (Wildman–Crippen MR) is 94.3 cm³/mol. The minimum absolute atomic E-state index is 0.247. The number of hydrogen-bond donors (Lipinski definition) is 1. The van der Waals surface area contributed by atoms with Crippen molar-refractivity contribution in [2.24, 2.45) is 0 Å². The third-order valence-electron chi connectivity index (χ3n) is 3.26. The van der Waals surface area contributed by atoms with E-state index in [9.17, 15) is 4.79 Å². The summed E-state index contributed by atoms with van der Waals surface area (Å²) in [6, 6.07) is 8.80. The molecule has 1 N–H and O–H groups in total. The van der Waals surface area contributed by atoms with E-state index in [1.165, 1.54) is 0 Å². The summed E-state index contributed by atoms with van der Waals surface area (Å²) in [6.07, 6.45) is 1.89. The van der Waals surface area contributed by atoms with Gasteiger partial charge in [0, 0.05) is 28.7 Å². The molecular formula is C16H13Cl2N3OS. The molecule has 0 saturated heterocycles. The number of thiophene rings is 1. The molecule has 1 amide bonds. The Morgan fingerprint density at radius 3 is 2.91 bits per heavy atom. The molecule has 118 valence electrons. The van der Waals surface area contributed by atoms with Crippen molar-refractivity contribution in [1.29, 1.82) is 0 Å². The molecule has 0 fully saturated rings. The van der Waals surface area contributed by atoms with Gasteiger partial charge in [-0.05, 0) is 35.7 Å². The average Bonchev–Trinajstić information content (AvgIpc) is 3.20. The zero-order chi connectivity index (χ0) is 16.2. The Labute approximate surface area is 147 Å². The summed E-state index contributed by atoms with van der Waals surface area (Å²) in [7, 11) is 0. The maximum Gasteiger partial charge on any atom is 0.252 e. The predicted octanol–water partition coefficient (Wildman–Crippen LogP) is 4.35. The molecule has 4 nitrogen and oxygen atoms in total. The van der Waals surface area contributed by atoms with Crippen LogP contribution in [0, 0.1) is 0 Å². The Balaban J connectivity index is 1.57. The monoisotopic (exact) mass is 365 g/mol. The number of nitrogens with zero attached hydrogens (tertiary/aromatic N) is 2. The molecule has 3 aromatic rings. The van der Waals surface area contributed by atoms with E-state index in [1.807, 2.05) is 23.7 Å². The first kappa shape index (κ1) is 16.1. The van der Waals surface area contributed by atoms with Gasteiger partial charge in [-0.2, -0.15) is 16.4 Å². The molecule has 0 atom stereocenters. The van der Waals surface area contributed by atoms with Crippen LogP contribution < -0.4 is 5.32 Å². The smallest absolute Gasteiger partial charge is 0.252 e. The van der Waals surface area contributed by atoms with Gasteiger partial charge in [-0.1, -0.05) is 23.2 Å². The molecule has 0 aliphatic rings. The van der Waals surface area contributed by atoms with Gasteiger partial charge < -0.3 is 5.32 Å². The lowest BCUT2D eigenvalue weighted by Gasteiger charge is -2.07. The van der Waals surface area contributed by atoms with Gasteiger partial charge in [0.1, 0.15) is 0 Å². The van der Waals surface area contributed by atoms with Crippen molar-refractivity contribution in [3.63, 3.8) is 0 Å². The maximum atomic E-state index is 12.1. The summed E-state index contributed by atoms with van der Waals surface area (Å²) in [5.41, 5.74) is 2.40. The molecule has 23 heavy (non-hydrogen) atoms. The highest BCUT2D eigenvalue weighted by Gasteiger charge is 2.10. The van der Waals surface area contributed by atoms with Crippen LogP contribution in [0.3, 0.4) is 0 Å². The van der Waals surface area contributed by atoms with E-state index in [2.05, 4.69) is 15.8 Å². The van der Waals surface area contributed by atoms with Gasteiger partial charge in [0.15, 0.2) is 0 Å².